The van der Waals surface area contributed by atoms with Crippen LogP contribution in [0.4, 0.5) is 0 Å². The molecule has 2 aromatic rings. The molecule has 7 nitrogen and oxygen atoms in total. The van der Waals surface area contributed by atoms with Crippen LogP contribution in [0.5, 0.6) is 0 Å². The number of hydrogen-bond acceptors (Lipinski definition) is 7. The first kappa shape index (κ1) is 25.6. The quantitative estimate of drug-likeness (QED) is 0.282. The summed E-state index contributed by atoms with van der Waals surface area (Å²) in [6.45, 7) is 3.42. The first-order chi connectivity index (χ1) is 18.1. The molecule has 1 saturated carbocycles. The van der Waals surface area contributed by atoms with Crippen LogP contribution in [0.1, 0.15) is 83.3 Å². The Balaban J connectivity index is 1.20. The highest BCUT2D eigenvalue weighted by Gasteiger charge is 2.45. The maximum Gasteiger partial charge on any atom is 0.339 e. The van der Waals surface area contributed by atoms with Crippen molar-refractivity contribution < 1.29 is 23.9 Å². The summed E-state index contributed by atoms with van der Waals surface area (Å²) >= 11 is 0. The lowest BCUT2D eigenvalue weighted by molar-refractivity contribution is -0.167. The zero-order valence-corrected chi connectivity index (χ0v) is 21.4. The molecular formula is C30H36N2O5. The third-order valence-electron chi connectivity index (χ3n) is 8.42. The van der Waals surface area contributed by atoms with E-state index in [0.717, 1.165) is 82.1 Å². The lowest BCUT2D eigenvalue weighted by Crippen LogP contribution is -2.53. The molecule has 4 heterocycles. The fourth-order valence-corrected chi connectivity index (χ4v) is 6.21. The van der Waals surface area contributed by atoms with Crippen LogP contribution < -0.4 is 0 Å². The van der Waals surface area contributed by atoms with Crippen molar-refractivity contribution in [3.05, 3.63) is 65.0 Å². The van der Waals surface area contributed by atoms with E-state index >= 15 is 0 Å². The minimum Gasteiger partial charge on any atom is -0.462 e. The average molecular weight is 505 g/mol. The Kier molecular flexibility index (Phi) is 7.99. The van der Waals surface area contributed by atoms with Crippen molar-refractivity contribution in [3.63, 3.8) is 0 Å². The van der Waals surface area contributed by atoms with Crippen LogP contribution in [-0.2, 0) is 26.1 Å². The number of ether oxygens (including phenoxy) is 2. The fourth-order valence-electron chi connectivity index (χ4n) is 6.21. The van der Waals surface area contributed by atoms with E-state index in [-0.39, 0.29) is 24.4 Å². The Morgan fingerprint density at radius 2 is 1.89 bits per heavy atom. The van der Waals surface area contributed by atoms with E-state index < -0.39 is 11.4 Å². The molecule has 37 heavy (non-hydrogen) atoms. The number of carbonyl (C=O) groups excluding carboxylic acids is 3. The lowest BCUT2D eigenvalue weighted by Gasteiger charge is -2.45. The second kappa shape index (κ2) is 11.5. The summed E-state index contributed by atoms with van der Waals surface area (Å²) in [6.07, 6.45) is 10.6. The van der Waals surface area contributed by atoms with Gasteiger partial charge in [0, 0.05) is 12.7 Å². The van der Waals surface area contributed by atoms with Crippen LogP contribution >= 0.6 is 0 Å². The Bertz CT molecular complexity index is 1100. The van der Waals surface area contributed by atoms with Crippen LogP contribution in [0.25, 0.3) is 0 Å². The monoisotopic (exact) mass is 504 g/mol. The summed E-state index contributed by atoms with van der Waals surface area (Å²) in [5, 5.41) is 0. The molecule has 1 unspecified atom stereocenters. The van der Waals surface area contributed by atoms with Gasteiger partial charge in [-0.05, 0) is 80.8 Å². The number of aromatic nitrogens is 1. The molecule has 1 aromatic carbocycles. The standard InChI is InChI=1S/C30H36N2O5/c33-21-26-10-9-24(19-31-26)28(34)36-17-5-7-22-6-4-8-25(18-22)30(13-2-1-3-14-30)29(35)37-27-20-32-15-11-23(27)12-16-32/h4,6,8-10,18-19,21,23,27H,1-3,5,7,11-17,20H2. The number of carbonyl (C=O) groups is 3. The number of hydrogen-bond donors (Lipinski definition) is 0. The van der Waals surface area contributed by atoms with Gasteiger partial charge < -0.3 is 9.47 Å². The van der Waals surface area contributed by atoms with Crippen LogP contribution in [-0.4, -0.2) is 60.5 Å². The molecule has 1 aliphatic carbocycles. The number of benzene rings is 1. The van der Waals surface area contributed by atoms with Crippen molar-refractivity contribution in [2.24, 2.45) is 5.92 Å². The van der Waals surface area contributed by atoms with Crippen molar-refractivity contribution in [3.8, 4) is 0 Å². The van der Waals surface area contributed by atoms with Crippen molar-refractivity contribution >= 4 is 18.2 Å². The molecule has 0 spiro atoms. The molecule has 3 aliphatic heterocycles. The largest absolute Gasteiger partial charge is 0.462 e. The van der Waals surface area contributed by atoms with Gasteiger partial charge in [0.2, 0.25) is 0 Å². The molecule has 6 rings (SSSR count). The number of aryl methyl sites for hydroxylation is 1. The molecule has 1 aromatic heterocycles. The third-order valence-corrected chi connectivity index (χ3v) is 8.42. The normalized spacial score (nSPS) is 24.3. The Hall–Kier alpha value is -3.06. The van der Waals surface area contributed by atoms with Gasteiger partial charge in [-0.25, -0.2) is 4.79 Å². The summed E-state index contributed by atoms with van der Waals surface area (Å²) in [5.41, 5.74) is 2.24. The summed E-state index contributed by atoms with van der Waals surface area (Å²) in [5.74, 6) is 0.0176. The smallest absolute Gasteiger partial charge is 0.339 e. The second-order valence-corrected chi connectivity index (χ2v) is 10.8. The number of aldehydes is 1. The van der Waals surface area contributed by atoms with Gasteiger partial charge in [0.1, 0.15) is 11.8 Å². The molecule has 0 amide bonds. The highest BCUT2D eigenvalue weighted by molar-refractivity contribution is 5.89. The number of nitrogens with zero attached hydrogens (tertiary/aromatic N) is 2. The summed E-state index contributed by atoms with van der Waals surface area (Å²) in [4.78, 5) is 43.1. The minimum atomic E-state index is -0.562. The van der Waals surface area contributed by atoms with E-state index in [2.05, 4.69) is 28.1 Å². The SMILES string of the molecule is O=Cc1ccc(C(=O)OCCCc2cccc(C3(C(=O)OC4CN5CCC4CC5)CCCCC3)c2)cn1. The zero-order valence-electron chi connectivity index (χ0n) is 21.4. The summed E-state index contributed by atoms with van der Waals surface area (Å²) in [7, 11) is 0. The Morgan fingerprint density at radius 3 is 2.57 bits per heavy atom. The molecule has 1 atom stereocenters. The Morgan fingerprint density at radius 1 is 1.08 bits per heavy atom. The van der Waals surface area contributed by atoms with E-state index in [1.54, 1.807) is 6.07 Å². The van der Waals surface area contributed by atoms with Gasteiger partial charge in [-0.2, -0.15) is 0 Å². The van der Waals surface area contributed by atoms with E-state index in [1.807, 2.05) is 6.07 Å². The second-order valence-electron chi connectivity index (χ2n) is 10.8. The first-order valence-corrected chi connectivity index (χ1v) is 13.7. The number of rotatable bonds is 9. The van der Waals surface area contributed by atoms with Gasteiger partial charge in [-0.3, -0.25) is 19.5 Å². The van der Waals surface area contributed by atoms with E-state index in [9.17, 15) is 14.4 Å². The van der Waals surface area contributed by atoms with Crippen LogP contribution in [0.2, 0.25) is 0 Å². The highest BCUT2D eigenvalue weighted by atomic mass is 16.5. The number of fused-ring (bicyclic) bond motifs is 3. The molecular weight excluding hydrogens is 468 g/mol. The average Bonchev–Trinajstić information content (AvgIpc) is 2.96. The van der Waals surface area contributed by atoms with Crippen LogP contribution in [0, 0.1) is 5.92 Å². The zero-order chi connectivity index (χ0) is 25.7. The summed E-state index contributed by atoms with van der Waals surface area (Å²) in [6, 6.07) is 11.4. The predicted octanol–water partition coefficient (Wildman–Crippen LogP) is 4.52. The molecule has 0 N–H and O–H groups in total. The number of piperidine rings is 3. The van der Waals surface area contributed by atoms with E-state index in [1.165, 1.54) is 12.3 Å². The maximum atomic E-state index is 13.8. The highest BCUT2D eigenvalue weighted by Crippen LogP contribution is 2.42. The van der Waals surface area contributed by atoms with Gasteiger partial charge >= 0.3 is 11.9 Å². The first-order valence-electron chi connectivity index (χ1n) is 13.7. The van der Waals surface area contributed by atoms with Crippen molar-refractivity contribution in [1.29, 1.82) is 0 Å². The predicted molar refractivity (Wildman–Crippen MR) is 138 cm³/mol. The van der Waals surface area contributed by atoms with Crippen LogP contribution in [0.15, 0.2) is 42.6 Å². The van der Waals surface area contributed by atoms with Gasteiger partial charge in [0.05, 0.1) is 17.6 Å². The fraction of sp³-hybridized carbons (Fsp3) is 0.533. The molecule has 196 valence electrons. The van der Waals surface area contributed by atoms with E-state index in [4.69, 9.17) is 9.47 Å². The number of pyridine rings is 1. The molecule has 4 aliphatic rings. The number of esters is 2. The van der Waals surface area contributed by atoms with Crippen molar-refractivity contribution in [2.75, 3.05) is 26.2 Å². The van der Waals surface area contributed by atoms with E-state index in [0.29, 0.717) is 24.2 Å². The van der Waals surface area contributed by atoms with Crippen molar-refractivity contribution in [2.45, 2.75) is 69.3 Å². The molecule has 0 radical (unpaired) electrons. The van der Waals surface area contributed by atoms with Crippen LogP contribution in [0.3, 0.4) is 0 Å². The minimum absolute atomic E-state index is 0.0245. The lowest BCUT2D eigenvalue weighted by atomic mass is 9.69. The molecule has 3 saturated heterocycles. The van der Waals surface area contributed by atoms with Gasteiger partial charge in [0.25, 0.3) is 0 Å². The molecule has 7 heteroatoms. The Labute approximate surface area is 218 Å². The van der Waals surface area contributed by atoms with Gasteiger partial charge in [0.15, 0.2) is 6.29 Å². The van der Waals surface area contributed by atoms with Gasteiger partial charge in [-0.1, -0.05) is 43.5 Å². The topological polar surface area (TPSA) is 85.8 Å². The molecule has 2 bridgehead atoms. The van der Waals surface area contributed by atoms with Gasteiger partial charge in [-0.15, -0.1) is 0 Å². The molecule has 4 fully saturated rings. The maximum absolute atomic E-state index is 13.8. The van der Waals surface area contributed by atoms with Crippen molar-refractivity contribution in [1.82, 2.24) is 9.88 Å². The summed E-state index contributed by atoms with van der Waals surface area (Å²) < 4.78 is 11.7. The third kappa shape index (κ3) is 5.77.